The molecule has 0 aliphatic rings. The molecule has 0 unspecified atom stereocenters. The lowest BCUT2D eigenvalue weighted by Crippen LogP contribution is -2.21. The molecular weight excluding hydrogens is 400 g/mol. The van der Waals surface area contributed by atoms with Crippen LogP contribution in [0.3, 0.4) is 0 Å². The first-order valence-electron chi connectivity index (χ1n) is 10.3. The highest BCUT2D eigenvalue weighted by Gasteiger charge is 2.08. The molecule has 1 amide bonds. The first-order chi connectivity index (χ1) is 15.5. The number of hydrogen-bond acceptors (Lipinski definition) is 4. The fraction of sp³-hybridized carbons (Fsp3) is 0.115. The van der Waals surface area contributed by atoms with Crippen LogP contribution in [0.1, 0.15) is 15.9 Å². The van der Waals surface area contributed by atoms with E-state index in [4.69, 9.17) is 0 Å². The summed E-state index contributed by atoms with van der Waals surface area (Å²) in [7, 11) is 3.47. The molecule has 0 saturated carbocycles. The van der Waals surface area contributed by atoms with E-state index >= 15 is 0 Å². The molecule has 0 radical (unpaired) electrons. The molecule has 160 valence electrons. The number of benzene rings is 2. The Kier molecular flexibility index (Phi) is 6.12. The van der Waals surface area contributed by atoms with E-state index in [1.54, 1.807) is 48.1 Å². The molecule has 4 rings (SSSR count). The smallest absolute Gasteiger partial charge is 0.253 e. The van der Waals surface area contributed by atoms with Crippen molar-refractivity contribution in [3.8, 4) is 11.1 Å². The van der Waals surface area contributed by atoms with Crippen LogP contribution in [-0.2, 0) is 6.54 Å². The normalized spacial score (nSPS) is 10.6. The van der Waals surface area contributed by atoms with Gasteiger partial charge in [-0.2, -0.15) is 0 Å². The van der Waals surface area contributed by atoms with Crippen LogP contribution in [0.15, 0.2) is 96.1 Å². The summed E-state index contributed by atoms with van der Waals surface area (Å²) in [6.07, 6.45) is 3.58. The van der Waals surface area contributed by atoms with Crippen molar-refractivity contribution in [2.75, 3.05) is 19.4 Å². The molecule has 32 heavy (non-hydrogen) atoms. The average molecular weight is 425 g/mol. The van der Waals surface area contributed by atoms with E-state index in [2.05, 4.69) is 10.3 Å². The van der Waals surface area contributed by atoms with Crippen molar-refractivity contribution in [1.82, 2.24) is 14.5 Å². The van der Waals surface area contributed by atoms with Crippen LogP contribution in [0.25, 0.3) is 11.1 Å². The molecule has 6 heteroatoms. The SMILES string of the molecule is CN(C)C(=O)c1ccc(-c2ccc(Nc3ccc(=O)n(Cc4ccccc4)c3)nc2)cc1. The Morgan fingerprint density at radius 2 is 1.62 bits per heavy atom. The lowest BCUT2D eigenvalue weighted by atomic mass is 10.1. The molecule has 6 nitrogen and oxygen atoms in total. The van der Waals surface area contributed by atoms with E-state index < -0.39 is 0 Å². The number of pyridine rings is 2. The van der Waals surface area contributed by atoms with Crippen molar-refractivity contribution in [3.63, 3.8) is 0 Å². The maximum absolute atomic E-state index is 12.2. The van der Waals surface area contributed by atoms with E-state index in [1.807, 2.05) is 66.7 Å². The topological polar surface area (TPSA) is 67.2 Å². The molecule has 0 aliphatic carbocycles. The van der Waals surface area contributed by atoms with Crippen molar-refractivity contribution >= 4 is 17.4 Å². The van der Waals surface area contributed by atoms with E-state index in [1.165, 1.54) is 0 Å². The van der Waals surface area contributed by atoms with Crippen LogP contribution in [0.5, 0.6) is 0 Å². The molecule has 0 bridgehead atoms. The Morgan fingerprint density at radius 1 is 0.906 bits per heavy atom. The summed E-state index contributed by atoms with van der Waals surface area (Å²) in [4.78, 5) is 30.3. The maximum Gasteiger partial charge on any atom is 0.253 e. The minimum atomic E-state index is -0.0566. The van der Waals surface area contributed by atoms with Crippen molar-refractivity contribution in [3.05, 3.63) is 113 Å². The molecule has 4 aromatic rings. The van der Waals surface area contributed by atoms with Gasteiger partial charge in [-0.15, -0.1) is 0 Å². The van der Waals surface area contributed by atoms with Gasteiger partial charge in [0.05, 0.1) is 12.2 Å². The number of nitrogens with zero attached hydrogens (tertiary/aromatic N) is 3. The van der Waals surface area contributed by atoms with Gasteiger partial charge in [-0.1, -0.05) is 42.5 Å². The van der Waals surface area contributed by atoms with Crippen molar-refractivity contribution in [2.24, 2.45) is 0 Å². The fourth-order valence-electron chi connectivity index (χ4n) is 3.36. The first kappa shape index (κ1) is 21.1. The zero-order chi connectivity index (χ0) is 22.5. The minimum Gasteiger partial charge on any atom is -0.345 e. The quantitative estimate of drug-likeness (QED) is 0.498. The number of nitrogens with one attached hydrogen (secondary N) is 1. The van der Waals surface area contributed by atoms with Gasteiger partial charge in [0.1, 0.15) is 5.82 Å². The zero-order valence-corrected chi connectivity index (χ0v) is 18.0. The summed E-state index contributed by atoms with van der Waals surface area (Å²) in [5.41, 5.74) is 4.37. The molecule has 0 atom stereocenters. The maximum atomic E-state index is 12.2. The second kappa shape index (κ2) is 9.31. The molecule has 2 aromatic carbocycles. The molecule has 0 saturated heterocycles. The summed E-state index contributed by atoms with van der Waals surface area (Å²) in [6, 6.07) is 24.5. The van der Waals surface area contributed by atoms with Gasteiger partial charge in [-0.05, 0) is 41.5 Å². The summed E-state index contributed by atoms with van der Waals surface area (Å²) >= 11 is 0. The van der Waals surface area contributed by atoms with Gasteiger partial charge in [-0.3, -0.25) is 9.59 Å². The second-order valence-corrected chi connectivity index (χ2v) is 7.70. The van der Waals surface area contributed by atoms with Gasteiger partial charge in [0, 0.05) is 43.7 Å². The van der Waals surface area contributed by atoms with Crippen molar-refractivity contribution in [2.45, 2.75) is 6.54 Å². The Bertz CT molecular complexity index is 1260. The Hall–Kier alpha value is -4.19. The number of amides is 1. The third-order valence-electron chi connectivity index (χ3n) is 5.09. The zero-order valence-electron chi connectivity index (χ0n) is 18.0. The summed E-state index contributed by atoms with van der Waals surface area (Å²) < 4.78 is 1.67. The van der Waals surface area contributed by atoms with Gasteiger partial charge in [-0.25, -0.2) is 4.98 Å². The molecule has 1 N–H and O–H groups in total. The van der Waals surface area contributed by atoms with Gasteiger partial charge in [0.15, 0.2) is 0 Å². The van der Waals surface area contributed by atoms with Crippen LogP contribution >= 0.6 is 0 Å². The second-order valence-electron chi connectivity index (χ2n) is 7.70. The molecule has 0 spiro atoms. The van der Waals surface area contributed by atoms with Gasteiger partial charge < -0.3 is 14.8 Å². The monoisotopic (exact) mass is 424 g/mol. The third kappa shape index (κ3) is 4.92. The first-order valence-corrected chi connectivity index (χ1v) is 10.3. The number of anilines is 2. The summed E-state index contributed by atoms with van der Waals surface area (Å²) in [6.45, 7) is 0.508. The number of carbonyl (C=O) groups is 1. The predicted molar refractivity (Wildman–Crippen MR) is 127 cm³/mol. The molecule has 0 aliphatic heterocycles. The Labute approximate surface area is 186 Å². The molecule has 2 heterocycles. The highest BCUT2D eigenvalue weighted by molar-refractivity contribution is 5.94. The van der Waals surface area contributed by atoms with Crippen LogP contribution < -0.4 is 10.9 Å². The van der Waals surface area contributed by atoms with Crippen molar-refractivity contribution < 1.29 is 4.79 Å². The average Bonchev–Trinajstić information content (AvgIpc) is 2.82. The molecule has 0 fully saturated rings. The van der Waals surface area contributed by atoms with E-state index in [0.29, 0.717) is 17.9 Å². The molecule has 2 aromatic heterocycles. The van der Waals surface area contributed by atoms with E-state index in [0.717, 1.165) is 22.4 Å². The third-order valence-corrected chi connectivity index (χ3v) is 5.09. The van der Waals surface area contributed by atoms with E-state index in [-0.39, 0.29) is 11.5 Å². The van der Waals surface area contributed by atoms with Crippen LogP contribution in [0.2, 0.25) is 0 Å². The number of rotatable bonds is 6. The van der Waals surface area contributed by atoms with Gasteiger partial charge in [0.25, 0.3) is 11.5 Å². The number of carbonyl (C=O) groups excluding carboxylic acids is 1. The van der Waals surface area contributed by atoms with Gasteiger partial charge in [0.2, 0.25) is 0 Å². The van der Waals surface area contributed by atoms with Crippen LogP contribution in [-0.4, -0.2) is 34.5 Å². The predicted octanol–water partition coefficient (Wildman–Crippen LogP) is 4.40. The molecular formula is C26H24N4O2. The van der Waals surface area contributed by atoms with Crippen molar-refractivity contribution in [1.29, 1.82) is 0 Å². The standard InChI is InChI=1S/C26H24N4O2/c1-29(2)26(32)21-10-8-20(9-11-21)22-12-14-24(27-16-22)28-23-13-15-25(31)30(18-23)17-19-6-4-3-5-7-19/h3-16,18H,17H2,1-2H3,(H,27,28). The highest BCUT2D eigenvalue weighted by Crippen LogP contribution is 2.22. The Balaban J connectivity index is 1.48. The fourth-order valence-corrected chi connectivity index (χ4v) is 3.36. The number of hydrogen-bond donors (Lipinski definition) is 1. The lowest BCUT2D eigenvalue weighted by molar-refractivity contribution is 0.0827. The Morgan fingerprint density at radius 3 is 2.28 bits per heavy atom. The highest BCUT2D eigenvalue weighted by atomic mass is 16.2. The van der Waals surface area contributed by atoms with Crippen LogP contribution in [0, 0.1) is 0 Å². The summed E-state index contributed by atoms with van der Waals surface area (Å²) in [5.74, 6) is 0.654. The lowest BCUT2D eigenvalue weighted by Gasteiger charge is -2.11. The van der Waals surface area contributed by atoms with Gasteiger partial charge >= 0.3 is 0 Å². The summed E-state index contributed by atoms with van der Waals surface area (Å²) in [5, 5.41) is 3.25. The minimum absolute atomic E-state index is 0.0252. The number of aromatic nitrogens is 2. The largest absolute Gasteiger partial charge is 0.345 e. The van der Waals surface area contributed by atoms with Crippen LogP contribution in [0.4, 0.5) is 11.5 Å². The van der Waals surface area contributed by atoms with E-state index in [9.17, 15) is 9.59 Å².